The first kappa shape index (κ1) is 13.8. The number of unbranched alkanes of at least 4 members (excludes halogenated alkanes) is 1. The number of nitrogens with one attached hydrogen (secondary N) is 1. The molecular formula is C14H25N3. The number of nitrogen functional groups attached to an aromatic ring is 1. The van der Waals surface area contributed by atoms with E-state index in [1.165, 1.54) is 25.7 Å². The van der Waals surface area contributed by atoms with Gasteiger partial charge in [-0.2, -0.15) is 0 Å². The standard InChI is InChI=1S/C14H25N3/c1-4-6-7-12(5-2)10-16-14-13(15)9-8-11(3)17-14/h8-9,12H,4-7,10,15H2,1-3H3,(H,16,17). The van der Waals surface area contributed by atoms with Gasteiger partial charge in [0.05, 0.1) is 5.69 Å². The molecule has 0 amide bonds. The fraction of sp³-hybridized carbons (Fsp3) is 0.643. The van der Waals surface area contributed by atoms with E-state index in [9.17, 15) is 0 Å². The molecule has 1 unspecified atom stereocenters. The van der Waals surface area contributed by atoms with Crippen molar-refractivity contribution in [2.45, 2.75) is 46.5 Å². The number of rotatable bonds is 7. The van der Waals surface area contributed by atoms with Crippen molar-refractivity contribution in [1.29, 1.82) is 0 Å². The van der Waals surface area contributed by atoms with Gasteiger partial charge in [0.1, 0.15) is 5.82 Å². The lowest BCUT2D eigenvalue weighted by molar-refractivity contribution is 0.472. The summed E-state index contributed by atoms with van der Waals surface area (Å²) in [6.45, 7) is 7.44. The molecule has 0 aromatic carbocycles. The van der Waals surface area contributed by atoms with E-state index in [-0.39, 0.29) is 0 Å². The van der Waals surface area contributed by atoms with E-state index in [0.29, 0.717) is 0 Å². The van der Waals surface area contributed by atoms with Crippen molar-refractivity contribution in [2.75, 3.05) is 17.6 Å². The average Bonchev–Trinajstić information content (AvgIpc) is 2.33. The Morgan fingerprint density at radius 1 is 1.35 bits per heavy atom. The fourth-order valence-electron chi connectivity index (χ4n) is 1.89. The van der Waals surface area contributed by atoms with Crippen LogP contribution in [0.4, 0.5) is 11.5 Å². The Kier molecular flexibility index (Phi) is 5.81. The second-order valence-electron chi connectivity index (χ2n) is 4.69. The van der Waals surface area contributed by atoms with E-state index >= 15 is 0 Å². The highest BCUT2D eigenvalue weighted by Crippen LogP contribution is 2.18. The summed E-state index contributed by atoms with van der Waals surface area (Å²) in [5, 5.41) is 3.38. The molecule has 0 saturated heterocycles. The minimum absolute atomic E-state index is 0.719. The summed E-state index contributed by atoms with van der Waals surface area (Å²) in [5.41, 5.74) is 7.63. The Morgan fingerprint density at radius 3 is 2.76 bits per heavy atom. The highest BCUT2D eigenvalue weighted by molar-refractivity contribution is 5.61. The minimum Gasteiger partial charge on any atom is -0.396 e. The normalized spacial score (nSPS) is 12.4. The van der Waals surface area contributed by atoms with Crippen molar-refractivity contribution in [1.82, 2.24) is 4.98 Å². The Hall–Kier alpha value is -1.25. The zero-order valence-electron chi connectivity index (χ0n) is 11.3. The van der Waals surface area contributed by atoms with E-state index in [1.807, 2.05) is 19.1 Å². The van der Waals surface area contributed by atoms with Gasteiger partial charge >= 0.3 is 0 Å². The number of anilines is 2. The fourth-order valence-corrected chi connectivity index (χ4v) is 1.89. The summed E-state index contributed by atoms with van der Waals surface area (Å²) in [6.07, 6.45) is 5.06. The molecule has 0 radical (unpaired) electrons. The maximum atomic E-state index is 5.89. The second kappa shape index (κ2) is 7.15. The molecule has 0 fully saturated rings. The van der Waals surface area contributed by atoms with Crippen LogP contribution in [-0.2, 0) is 0 Å². The molecule has 1 heterocycles. The van der Waals surface area contributed by atoms with Gasteiger partial charge in [0.2, 0.25) is 0 Å². The molecular weight excluding hydrogens is 210 g/mol. The Bertz CT molecular complexity index is 336. The number of aromatic nitrogens is 1. The monoisotopic (exact) mass is 235 g/mol. The van der Waals surface area contributed by atoms with E-state index < -0.39 is 0 Å². The maximum Gasteiger partial charge on any atom is 0.149 e. The molecule has 0 aliphatic heterocycles. The molecule has 3 nitrogen and oxygen atoms in total. The Morgan fingerprint density at radius 2 is 2.12 bits per heavy atom. The third-order valence-corrected chi connectivity index (χ3v) is 3.17. The molecule has 0 bridgehead atoms. The van der Waals surface area contributed by atoms with Crippen LogP contribution in [0.15, 0.2) is 12.1 Å². The summed E-state index contributed by atoms with van der Waals surface area (Å²) in [7, 11) is 0. The summed E-state index contributed by atoms with van der Waals surface area (Å²) < 4.78 is 0. The first-order chi connectivity index (χ1) is 8.17. The van der Waals surface area contributed by atoms with Crippen LogP contribution in [0.3, 0.4) is 0 Å². The molecule has 17 heavy (non-hydrogen) atoms. The topological polar surface area (TPSA) is 50.9 Å². The van der Waals surface area contributed by atoms with Crippen molar-refractivity contribution in [3.63, 3.8) is 0 Å². The van der Waals surface area contributed by atoms with Crippen LogP contribution in [0, 0.1) is 12.8 Å². The van der Waals surface area contributed by atoms with Gasteiger partial charge in [0, 0.05) is 12.2 Å². The average molecular weight is 235 g/mol. The van der Waals surface area contributed by atoms with Gasteiger partial charge in [-0.25, -0.2) is 4.98 Å². The molecule has 0 saturated carbocycles. The van der Waals surface area contributed by atoms with Crippen LogP contribution in [0.25, 0.3) is 0 Å². The van der Waals surface area contributed by atoms with Crippen LogP contribution in [-0.4, -0.2) is 11.5 Å². The number of nitrogens with two attached hydrogens (primary N) is 1. The quantitative estimate of drug-likeness (QED) is 0.759. The lowest BCUT2D eigenvalue weighted by atomic mass is 9.99. The highest BCUT2D eigenvalue weighted by Gasteiger charge is 2.07. The van der Waals surface area contributed by atoms with Crippen LogP contribution >= 0.6 is 0 Å². The minimum atomic E-state index is 0.719. The van der Waals surface area contributed by atoms with E-state index in [2.05, 4.69) is 24.1 Å². The third-order valence-electron chi connectivity index (χ3n) is 3.17. The smallest absolute Gasteiger partial charge is 0.149 e. The van der Waals surface area contributed by atoms with Gasteiger partial charge in [0.15, 0.2) is 0 Å². The van der Waals surface area contributed by atoms with Crippen molar-refractivity contribution >= 4 is 11.5 Å². The van der Waals surface area contributed by atoms with Crippen molar-refractivity contribution in [3.05, 3.63) is 17.8 Å². The number of hydrogen-bond acceptors (Lipinski definition) is 3. The number of hydrogen-bond donors (Lipinski definition) is 2. The van der Waals surface area contributed by atoms with Gasteiger partial charge in [-0.15, -0.1) is 0 Å². The van der Waals surface area contributed by atoms with E-state index in [0.717, 1.165) is 29.7 Å². The molecule has 3 heteroatoms. The zero-order valence-corrected chi connectivity index (χ0v) is 11.3. The van der Waals surface area contributed by atoms with E-state index in [1.54, 1.807) is 0 Å². The second-order valence-corrected chi connectivity index (χ2v) is 4.69. The van der Waals surface area contributed by atoms with E-state index in [4.69, 9.17) is 5.73 Å². The molecule has 1 aromatic rings. The Balaban J connectivity index is 2.50. The van der Waals surface area contributed by atoms with Crippen LogP contribution in [0.1, 0.15) is 45.2 Å². The highest BCUT2D eigenvalue weighted by atomic mass is 15.0. The van der Waals surface area contributed by atoms with Crippen LogP contribution in [0.2, 0.25) is 0 Å². The molecule has 96 valence electrons. The molecule has 1 rings (SSSR count). The Labute approximate surface area is 105 Å². The molecule has 3 N–H and O–H groups in total. The number of aryl methyl sites for hydroxylation is 1. The predicted octanol–water partition coefficient (Wildman–Crippen LogP) is 3.60. The van der Waals surface area contributed by atoms with Crippen molar-refractivity contribution in [3.8, 4) is 0 Å². The van der Waals surface area contributed by atoms with Crippen LogP contribution in [0.5, 0.6) is 0 Å². The maximum absolute atomic E-state index is 5.89. The first-order valence-electron chi connectivity index (χ1n) is 6.64. The summed E-state index contributed by atoms with van der Waals surface area (Å²) in [4.78, 5) is 4.42. The van der Waals surface area contributed by atoms with Crippen LogP contribution < -0.4 is 11.1 Å². The summed E-state index contributed by atoms with van der Waals surface area (Å²) >= 11 is 0. The van der Waals surface area contributed by atoms with Gasteiger partial charge < -0.3 is 11.1 Å². The summed E-state index contributed by atoms with van der Waals surface area (Å²) in [6, 6.07) is 3.85. The van der Waals surface area contributed by atoms with Crippen molar-refractivity contribution in [2.24, 2.45) is 5.92 Å². The first-order valence-corrected chi connectivity index (χ1v) is 6.64. The molecule has 0 aliphatic carbocycles. The van der Waals surface area contributed by atoms with Gasteiger partial charge in [-0.3, -0.25) is 0 Å². The lowest BCUT2D eigenvalue weighted by Crippen LogP contribution is -2.15. The largest absolute Gasteiger partial charge is 0.396 e. The SMILES string of the molecule is CCCCC(CC)CNc1nc(C)ccc1N. The summed E-state index contributed by atoms with van der Waals surface area (Å²) in [5.74, 6) is 1.55. The number of pyridine rings is 1. The van der Waals surface area contributed by atoms with Crippen molar-refractivity contribution < 1.29 is 0 Å². The molecule has 0 spiro atoms. The molecule has 1 atom stereocenters. The zero-order chi connectivity index (χ0) is 12.7. The van der Waals surface area contributed by atoms with Gasteiger partial charge in [0.25, 0.3) is 0 Å². The predicted molar refractivity (Wildman–Crippen MR) is 75.2 cm³/mol. The third kappa shape index (κ3) is 4.63. The lowest BCUT2D eigenvalue weighted by Gasteiger charge is -2.16. The van der Waals surface area contributed by atoms with Gasteiger partial charge in [-0.1, -0.05) is 33.1 Å². The van der Waals surface area contributed by atoms with Gasteiger partial charge in [-0.05, 0) is 31.4 Å². The molecule has 0 aliphatic rings. The number of nitrogens with zero attached hydrogens (tertiary/aromatic N) is 1. The molecule has 1 aromatic heterocycles.